The van der Waals surface area contributed by atoms with Crippen LogP contribution in [0.15, 0.2) is 11.4 Å². The summed E-state index contributed by atoms with van der Waals surface area (Å²) in [4.78, 5) is 18.1. The Kier molecular flexibility index (Phi) is 4.32. The van der Waals surface area contributed by atoms with Crippen LogP contribution < -0.4 is 11.1 Å². The molecular formula is C13H13N3OS2. The second kappa shape index (κ2) is 5.97. The fraction of sp³-hybridized carbons (Fsp3) is 0.231. The number of anilines is 1. The van der Waals surface area contributed by atoms with Crippen molar-refractivity contribution in [1.82, 2.24) is 4.98 Å². The number of aromatic nitrogens is 1. The minimum absolute atomic E-state index is 0.176. The molecule has 19 heavy (non-hydrogen) atoms. The van der Waals surface area contributed by atoms with Gasteiger partial charge >= 0.3 is 0 Å². The first-order valence-electron chi connectivity index (χ1n) is 5.63. The molecule has 6 heteroatoms. The van der Waals surface area contributed by atoms with Gasteiger partial charge in [-0.1, -0.05) is 11.8 Å². The van der Waals surface area contributed by atoms with E-state index >= 15 is 0 Å². The second-order valence-corrected chi connectivity index (χ2v) is 5.90. The van der Waals surface area contributed by atoms with Crippen LogP contribution in [0, 0.1) is 25.7 Å². The lowest BCUT2D eigenvalue weighted by molar-refractivity contribution is 0.103. The summed E-state index contributed by atoms with van der Waals surface area (Å²) in [5.74, 6) is 5.47. The van der Waals surface area contributed by atoms with E-state index in [2.05, 4.69) is 22.1 Å². The predicted molar refractivity (Wildman–Crippen MR) is 79.8 cm³/mol. The molecule has 0 fully saturated rings. The van der Waals surface area contributed by atoms with Crippen LogP contribution >= 0.6 is 22.7 Å². The number of hydrogen-bond acceptors (Lipinski definition) is 5. The van der Waals surface area contributed by atoms with Crippen LogP contribution in [0.5, 0.6) is 0 Å². The van der Waals surface area contributed by atoms with E-state index in [1.807, 2.05) is 25.3 Å². The first kappa shape index (κ1) is 13.7. The van der Waals surface area contributed by atoms with Gasteiger partial charge in [0.15, 0.2) is 5.13 Å². The normalized spacial score (nSPS) is 9.84. The van der Waals surface area contributed by atoms with Crippen molar-refractivity contribution in [3.8, 4) is 11.8 Å². The second-order valence-electron chi connectivity index (χ2n) is 3.78. The molecule has 0 saturated carbocycles. The minimum Gasteiger partial charge on any atom is -0.320 e. The molecule has 2 aromatic heterocycles. The van der Waals surface area contributed by atoms with Crippen LogP contribution in [0.25, 0.3) is 0 Å². The Bertz CT molecular complexity index is 641. The van der Waals surface area contributed by atoms with Crippen molar-refractivity contribution in [2.24, 2.45) is 5.73 Å². The van der Waals surface area contributed by atoms with Gasteiger partial charge < -0.3 is 5.73 Å². The highest BCUT2D eigenvalue weighted by atomic mass is 32.1. The summed E-state index contributed by atoms with van der Waals surface area (Å²) in [6.45, 7) is 4.18. The average molecular weight is 291 g/mol. The van der Waals surface area contributed by atoms with Gasteiger partial charge in [-0.05, 0) is 25.3 Å². The Labute approximate surface area is 119 Å². The SMILES string of the molecule is Cc1nc(NC(=O)c2sccc2C#CCN)sc1C. The quantitative estimate of drug-likeness (QED) is 0.835. The molecule has 0 spiro atoms. The average Bonchev–Trinajstić information content (AvgIpc) is 2.94. The molecule has 0 radical (unpaired) electrons. The van der Waals surface area contributed by atoms with Gasteiger partial charge in [-0.2, -0.15) is 0 Å². The molecule has 2 heterocycles. The lowest BCUT2D eigenvalue weighted by Crippen LogP contribution is -2.11. The zero-order chi connectivity index (χ0) is 13.8. The Morgan fingerprint density at radius 1 is 1.53 bits per heavy atom. The molecule has 0 aromatic carbocycles. The highest BCUT2D eigenvalue weighted by molar-refractivity contribution is 7.16. The number of nitrogens with one attached hydrogen (secondary N) is 1. The Hall–Kier alpha value is -1.68. The zero-order valence-corrected chi connectivity index (χ0v) is 12.2. The summed E-state index contributed by atoms with van der Waals surface area (Å²) in [6.07, 6.45) is 0. The fourth-order valence-corrected chi connectivity index (χ4v) is 2.96. The number of nitrogens with two attached hydrogens (primary N) is 1. The molecule has 2 rings (SSSR count). The Morgan fingerprint density at radius 3 is 2.95 bits per heavy atom. The van der Waals surface area contributed by atoms with Gasteiger partial charge in [0.25, 0.3) is 5.91 Å². The van der Waals surface area contributed by atoms with Crippen LogP contribution in [-0.2, 0) is 0 Å². The Balaban J connectivity index is 2.18. The van der Waals surface area contributed by atoms with E-state index in [0.29, 0.717) is 15.6 Å². The largest absolute Gasteiger partial charge is 0.320 e. The van der Waals surface area contributed by atoms with Gasteiger partial charge in [0, 0.05) is 10.4 Å². The number of carbonyl (C=O) groups is 1. The number of hydrogen-bond donors (Lipinski definition) is 2. The van der Waals surface area contributed by atoms with Crippen LogP contribution in [-0.4, -0.2) is 17.4 Å². The maximum Gasteiger partial charge on any atom is 0.268 e. The van der Waals surface area contributed by atoms with Crippen LogP contribution in [0.4, 0.5) is 5.13 Å². The van der Waals surface area contributed by atoms with Crippen LogP contribution in [0.1, 0.15) is 25.8 Å². The molecule has 1 amide bonds. The molecule has 0 aliphatic carbocycles. The maximum atomic E-state index is 12.1. The summed E-state index contributed by atoms with van der Waals surface area (Å²) >= 11 is 2.83. The zero-order valence-electron chi connectivity index (χ0n) is 10.6. The molecule has 4 nitrogen and oxygen atoms in total. The van der Waals surface area contributed by atoms with Crippen molar-refractivity contribution in [3.05, 3.63) is 32.5 Å². The minimum atomic E-state index is -0.176. The number of thiazole rings is 1. The lowest BCUT2D eigenvalue weighted by Gasteiger charge is -1.99. The van der Waals surface area contributed by atoms with Gasteiger partial charge in [-0.3, -0.25) is 10.1 Å². The van der Waals surface area contributed by atoms with Gasteiger partial charge in [-0.25, -0.2) is 4.98 Å². The third kappa shape index (κ3) is 3.20. The van der Waals surface area contributed by atoms with Crippen molar-refractivity contribution in [3.63, 3.8) is 0 Å². The predicted octanol–water partition coefficient (Wildman–Crippen LogP) is 2.38. The van der Waals surface area contributed by atoms with E-state index in [1.54, 1.807) is 0 Å². The van der Waals surface area contributed by atoms with Crippen molar-refractivity contribution < 1.29 is 4.79 Å². The smallest absolute Gasteiger partial charge is 0.268 e. The Morgan fingerprint density at radius 2 is 2.32 bits per heavy atom. The first-order valence-corrected chi connectivity index (χ1v) is 7.33. The van der Waals surface area contributed by atoms with E-state index in [0.717, 1.165) is 10.6 Å². The molecule has 0 bridgehead atoms. The summed E-state index contributed by atoms with van der Waals surface area (Å²) in [5, 5.41) is 5.26. The highest BCUT2D eigenvalue weighted by Gasteiger charge is 2.14. The third-order valence-corrected chi connectivity index (χ3v) is 4.35. The molecule has 98 valence electrons. The number of amides is 1. The summed E-state index contributed by atoms with van der Waals surface area (Å²) in [6, 6.07) is 1.82. The molecule has 0 atom stereocenters. The molecule has 0 aliphatic heterocycles. The summed E-state index contributed by atoms with van der Waals surface area (Å²) < 4.78 is 0. The summed E-state index contributed by atoms with van der Waals surface area (Å²) in [5.41, 5.74) is 6.98. The van der Waals surface area contributed by atoms with Gasteiger partial charge in [0.05, 0.1) is 12.2 Å². The first-order chi connectivity index (χ1) is 9.11. The van der Waals surface area contributed by atoms with E-state index in [4.69, 9.17) is 5.73 Å². The number of rotatable bonds is 2. The highest BCUT2D eigenvalue weighted by Crippen LogP contribution is 2.23. The number of nitrogens with zero attached hydrogens (tertiary/aromatic N) is 1. The van der Waals surface area contributed by atoms with Crippen molar-refractivity contribution in [1.29, 1.82) is 0 Å². The van der Waals surface area contributed by atoms with Crippen LogP contribution in [0.3, 0.4) is 0 Å². The molecule has 2 aromatic rings. The molecular weight excluding hydrogens is 278 g/mol. The van der Waals surface area contributed by atoms with E-state index in [9.17, 15) is 4.79 Å². The van der Waals surface area contributed by atoms with Gasteiger partial charge in [0.1, 0.15) is 4.88 Å². The monoisotopic (exact) mass is 291 g/mol. The molecule has 3 N–H and O–H groups in total. The standard InChI is InChI=1S/C13H13N3OS2/c1-8-9(2)19-13(15-8)16-12(17)11-10(4-3-6-14)5-7-18-11/h5,7H,6,14H2,1-2H3,(H,15,16,17). The third-order valence-electron chi connectivity index (χ3n) is 2.45. The molecule has 0 unspecified atom stereocenters. The lowest BCUT2D eigenvalue weighted by atomic mass is 10.2. The van der Waals surface area contributed by atoms with Crippen molar-refractivity contribution >= 4 is 33.7 Å². The fourth-order valence-electron chi connectivity index (χ4n) is 1.41. The molecule has 0 aliphatic rings. The number of aryl methyl sites for hydroxylation is 2. The maximum absolute atomic E-state index is 12.1. The number of thiophene rings is 1. The van der Waals surface area contributed by atoms with Crippen molar-refractivity contribution in [2.75, 3.05) is 11.9 Å². The molecule has 0 saturated heterocycles. The van der Waals surface area contributed by atoms with Gasteiger partial charge in [0.2, 0.25) is 0 Å². The van der Waals surface area contributed by atoms with E-state index in [-0.39, 0.29) is 12.5 Å². The summed E-state index contributed by atoms with van der Waals surface area (Å²) in [7, 11) is 0. The van der Waals surface area contributed by atoms with E-state index in [1.165, 1.54) is 22.7 Å². The van der Waals surface area contributed by atoms with Crippen molar-refractivity contribution in [2.45, 2.75) is 13.8 Å². The number of carbonyl (C=O) groups excluding carboxylic acids is 1. The van der Waals surface area contributed by atoms with Crippen LogP contribution in [0.2, 0.25) is 0 Å². The van der Waals surface area contributed by atoms with Gasteiger partial charge in [-0.15, -0.1) is 22.7 Å². The topological polar surface area (TPSA) is 68.0 Å². The van der Waals surface area contributed by atoms with E-state index < -0.39 is 0 Å².